The monoisotopic (exact) mass is 335 g/mol. The summed E-state index contributed by atoms with van der Waals surface area (Å²) in [6.45, 7) is 2.67. The smallest absolute Gasteiger partial charge is 0.270 e. The highest BCUT2D eigenvalue weighted by atomic mass is 79.9. The van der Waals surface area contributed by atoms with E-state index in [9.17, 15) is 10.1 Å². The molecule has 0 amide bonds. The summed E-state index contributed by atoms with van der Waals surface area (Å²) in [6, 6.07) is 8.85. The van der Waals surface area contributed by atoms with Gasteiger partial charge in [-0.05, 0) is 30.2 Å². The maximum atomic E-state index is 10.7. The number of nitrogens with zero attached hydrogens (tertiary/aromatic N) is 2. The molecule has 0 saturated carbocycles. The fraction of sp³-hybridized carbons (Fsp3) is 0.214. The molecule has 0 saturated heterocycles. The second-order valence-electron chi connectivity index (χ2n) is 4.42. The highest BCUT2D eigenvalue weighted by Crippen LogP contribution is 2.23. The van der Waals surface area contributed by atoms with Crippen molar-refractivity contribution < 1.29 is 4.92 Å². The number of halogens is 1. The fourth-order valence-electron chi connectivity index (χ4n) is 1.81. The van der Waals surface area contributed by atoms with Crippen LogP contribution in [0.5, 0.6) is 0 Å². The Morgan fingerprint density at radius 1 is 1.45 bits per heavy atom. The molecule has 1 aromatic heterocycles. The zero-order valence-electron chi connectivity index (χ0n) is 10.9. The Hall–Kier alpha value is -1.79. The third kappa shape index (κ3) is 3.61. The van der Waals surface area contributed by atoms with Crippen molar-refractivity contribution in [1.29, 1.82) is 0 Å². The van der Waals surface area contributed by atoms with Crippen LogP contribution in [-0.2, 0) is 6.54 Å². The minimum absolute atomic E-state index is 0.0842. The van der Waals surface area contributed by atoms with Gasteiger partial charge in [-0.1, -0.05) is 22.0 Å². The maximum absolute atomic E-state index is 10.7. The number of aromatic nitrogens is 1. The number of nitrogens with one attached hydrogen (secondary N) is 1. The van der Waals surface area contributed by atoms with Crippen LogP contribution in [0.4, 0.5) is 5.69 Å². The number of nitro groups is 1. The van der Waals surface area contributed by atoms with Gasteiger partial charge in [-0.3, -0.25) is 15.1 Å². The SMILES string of the molecule is C[C@H](NCc1ccc([N+](=O)[O-])cc1Br)c1cccnc1. The van der Waals surface area contributed by atoms with Gasteiger partial charge in [-0.2, -0.15) is 0 Å². The van der Waals surface area contributed by atoms with E-state index >= 15 is 0 Å². The van der Waals surface area contributed by atoms with Crippen molar-refractivity contribution in [3.8, 4) is 0 Å². The van der Waals surface area contributed by atoms with Crippen molar-refractivity contribution >= 4 is 21.6 Å². The molecule has 1 N–H and O–H groups in total. The van der Waals surface area contributed by atoms with Crippen molar-refractivity contribution in [3.63, 3.8) is 0 Å². The van der Waals surface area contributed by atoms with Crippen LogP contribution in [0.15, 0.2) is 47.2 Å². The molecule has 6 heteroatoms. The van der Waals surface area contributed by atoms with Gasteiger partial charge in [0.25, 0.3) is 5.69 Å². The molecule has 0 radical (unpaired) electrons. The Balaban J connectivity index is 2.02. The highest BCUT2D eigenvalue weighted by Gasteiger charge is 2.10. The van der Waals surface area contributed by atoms with E-state index in [0.717, 1.165) is 15.6 Å². The standard InChI is InChI=1S/C14H14BrN3O2/c1-10(11-3-2-6-16-8-11)17-9-12-4-5-13(18(19)20)7-14(12)15/h2-8,10,17H,9H2,1H3/t10-/m0/s1. The predicted molar refractivity (Wildman–Crippen MR) is 80.3 cm³/mol. The molecule has 1 atom stereocenters. The normalized spacial score (nSPS) is 12.1. The van der Waals surface area contributed by atoms with E-state index in [1.807, 2.05) is 18.3 Å². The average molecular weight is 336 g/mol. The van der Waals surface area contributed by atoms with Gasteiger partial charge in [0.05, 0.1) is 4.92 Å². The highest BCUT2D eigenvalue weighted by molar-refractivity contribution is 9.10. The van der Waals surface area contributed by atoms with E-state index in [4.69, 9.17) is 0 Å². The van der Waals surface area contributed by atoms with Crippen LogP contribution in [0.25, 0.3) is 0 Å². The van der Waals surface area contributed by atoms with E-state index < -0.39 is 4.92 Å². The maximum Gasteiger partial charge on any atom is 0.270 e. The molecule has 1 aromatic carbocycles. The van der Waals surface area contributed by atoms with Crippen molar-refractivity contribution in [2.45, 2.75) is 19.5 Å². The van der Waals surface area contributed by atoms with Gasteiger partial charge >= 0.3 is 0 Å². The molecule has 104 valence electrons. The van der Waals surface area contributed by atoms with Crippen LogP contribution >= 0.6 is 15.9 Å². The summed E-state index contributed by atoms with van der Waals surface area (Å²) < 4.78 is 0.734. The largest absolute Gasteiger partial charge is 0.306 e. The van der Waals surface area contributed by atoms with Gasteiger partial charge in [-0.25, -0.2) is 0 Å². The van der Waals surface area contributed by atoms with E-state index in [1.54, 1.807) is 12.3 Å². The molecule has 0 unspecified atom stereocenters. The quantitative estimate of drug-likeness (QED) is 0.669. The summed E-state index contributed by atoms with van der Waals surface area (Å²) >= 11 is 3.37. The zero-order chi connectivity index (χ0) is 14.5. The number of hydrogen-bond donors (Lipinski definition) is 1. The first-order valence-corrected chi connectivity index (χ1v) is 6.93. The number of rotatable bonds is 5. The molecule has 0 fully saturated rings. The topological polar surface area (TPSA) is 68.1 Å². The van der Waals surface area contributed by atoms with Crippen molar-refractivity contribution in [1.82, 2.24) is 10.3 Å². The Morgan fingerprint density at radius 2 is 2.25 bits per heavy atom. The van der Waals surface area contributed by atoms with Gasteiger partial charge in [0.2, 0.25) is 0 Å². The summed E-state index contributed by atoms with van der Waals surface area (Å²) in [5.74, 6) is 0. The summed E-state index contributed by atoms with van der Waals surface area (Å²) in [5, 5.41) is 14.0. The third-order valence-electron chi connectivity index (χ3n) is 3.03. The summed E-state index contributed by atoms with van der Waals surface area (Å²) in [6.07, 6.45) is 3.56. The van der Waals surface area contributed by atoms with Crippen LogP contribution in [0.2, 0.25) is 0 Å². The van der Waals surface area contributed by atoms with Crippen LogP contribution in [-0.4, -0.2) is 9.91 Å². The predicted octanol–water partition coefficient (Wildman–Crippen LogP) is 3.60. The molecular formula is C14H14BrN3O2. The van der Waals surface area contributed by atoms with Gasteiger partial charge in [-0.15, -0.1) is 0 Å². The second kappa shape index (κ2) is 6.58. The van der Waals surface area contributed by atoms with Crippen molar-refractivity contribution in [2.75, 3.05) is 0 Å². The third-order valence-corrected chi connectivity index (χ3v) is 3.77. The lowest BCUT2D eigenvalue weighted by Gasteiger charge is -2.14. The average Bonchev–Trinajstić information content (AvgIpc) is 2.46. The molecule has 5 nitrogen and oxygen atoms in total. The Bertz CT molecular complexity index is 605. The Labute approximate surface area is 125 Å². The number of benzene rings is 1. The first-order chi connectivity index (χ1) is 9.58. The molecule has 0 aliphatic carbocycles. The first kappa shape index (κ1) is 14.6. The van der Waals surface area contributed by atoms with E-state index in [2.05, 4.69) is 33.2 Å². The fourth-order valence-corrected chi connectivity index (χ4v) is 2.31. The summed E-state index contributed by atoms with van der Waals surface area (Å²) in [5.41, 5.74) is 2.16. The lowest BCUT2D eigenvalue weighted by Crippen LogP contribution is -2.18. The van der Waals surface area contributed by atoms with Crippen LogP contribution in [0, 0.1) is 10.1 Å². The number of non-ortho nitro benzene ring substituents is 1. The first-order valence-electron chi connectivity index (χ1n) is 6.14. The van der Waals surface area contributed by atoms with Crippen LogP contribution in [0.1, 0.15) is 24.1 Å². The molecule has 2 aromatic rings. The van der Waals surface area contributed by atoms with E-state index in [-0.39, 0.29) is 11.7 Å². The van der Waals surface area contributed by atoms with E-state index in [0.29, 0.717) is 6.54 Å². The van der Waals surface area contributed by atoms with Gasteiger partial charge in [0.15, 0.2) is 0 Å². The number of pyridine rings is 1. The molecule has 1 heterocycles. The lowest BCUT2D eigenvalue weighted by atomic mass is 10.1. The molecule has 0 aliphatic heterocycles. The zero-order valence-corrected chi connectivity index (χ0v) is 12.5. The Kier molecular flexibility index (Phi) is 4.81. The van der Waals surface area contributed by atoms with Gasteiger partial charge in [0, 0.05) is 41.6 Å². The Morgan fingerprint density at radius 3 is 2.85 bits per heavy atom. The van der Waals surface area contributed by atoms with Crippen LogP contribution < -0.4 is 5.32 Å². The van der Waals surface area contributed by atoms with E-state index in [1.165, 1.54) is 12.1 Å². The molecule has 0 bridgehead atoms. The minimum atomic E-state index is -0.403. The summed E-state index contributed by atoms with van der Waals surface area (Å²) in [7, 11) is 0. The van der Waals surface area contributed by atoms with Gasteiger partial charge < -0.3 is 5.32 Å². The lowest BCUT2D eigenvalue weighted by molar-refractivity contribution is -0.384. The molecular weight excluding hydrogens is 322 g/mol. The van der Waals surface area contributed by atoms with Crippen molar-refractivity contribution in [2.24, 2.45) is 0 Å². The molecule has 0 aliphatic rings. The van der Waals surface area contributed by atoms with Crippen molar-refractivity contribution in [3.05, 3.63) is 68.4 Å². The minimum Gasteiger partial charge on any atom is -0.306 e. The number of hydrogen-bond acceptors (Lipinski definition) is 4. The molecule has 0 spiro atoms. The number of nitro benzene ring substituents is 1. The van der Waals surface area contributed by atoms with Crippen LogP contribution in [0.3, 0.4) is 0 Å². The van der Waals surface area contributed by atoms with Gasteiger partial charge in [0.1, 0.15) is 0 Å². The second-order valence-corrected chi connectivity index (χ2v) is 5.28. The molecule has 20 heavy (non-hydrogen) atoms. The molecule has 2 rings (SSSR count). The summed E-state index contributed by atoms with van der Waals surface area (Å²) in [4.78, 5) is 14.4.